The van der Waals surface area contributed by atoms with Crippen LogP contribution in [0.5, 0.6) is 11.5 Å². The van der Waals surface area contributed by atoms with E-state index in [-0.39, 0.29) is 11.9 Å². The van der Waals surface area contributed by atoms with Crippen molar-refractivity contribution in [1.29, 1.82) is 0 Å². The van der Waals surface area contributed by atoms with Crippen molar-refractivity contribution in [1.82, 2.24) is 4.90 Å². The van der Waals surface area contributed by atoms with E-state index in [0.717, 1.165) is 6.54 Å². The van der Waals surface area contributed by atoms with Gasteiger partial charge in [0.1, 0.15) is 24.2 Å². The van der Waals surface area contributed by atoms with Crippen LogP contribution in [0, 0.1) is 0 Å². The van der Waals surface area contributed by atoms with Crippen LogP contribution in [0.15, 0.2) is 24.3 Å². The van der Waals surface area contributed by atoms with Crippen LogP contribution in [-0.2, 0) is 4.74 Å². The van der Waals surface area contributed by atoms with Crippen LogP contribution in [-0.4, -0.2) is 49.5 Å². The molecular weight excluding hydrogens is 292 g/mol. The van der Waals surface area contributed by atoms with E-state index >= 15 is 0 Å². The van der Waals surface area contributed by atoms with Crippen molar-refractivity contribution in [3.05, 3.63) is 24.3 Å². The number of nitrogens with zero attached hydrogens (tertiary/aromatic N) is 1. The van der Waals surface area contributed by atoms with Crippen molar-refractivity contribution in [2.45, 2.75) is 45.6 Å². The smallest absolute Gasteiger partial charge is 0.387 e. The van der Waals surface area contributed by atoms with Gasteiger partial charge in [0.05, 0.1) is 6.61 Å². The van der Waals surface area contributed by atoms with E-state index in [1.54, 1.807) is 12.1 Å². The first-order valence-electron chi connectivity index (χ1n) is 7.50. The number of hydrogen-bond acceptors (Lipinski definition) is 4. The van der Waals surface area contributed by atoms with Crippen molar-refractivity contribution in [2.75, 3.05) is 19.8 Å². The summed E-state index contributed by atoms with van der Waals surface area (Å²) >= 11 is 0. The zero-order chi connectivity index (χ0) is 16.1. The number of benzene rings is 1. The Hall–Kier alpha value is -1.40. The molecule has 2 atom stereocenters. The minimum atomic E-state index is -2.84. The van der Waals surface area contributed by atoms with Crippen LogP contribution >= 0.6 is 0 Å². The highest BCUT2D eigenvalue weighted by Gasteiger charge is 2.28. The lowest BCUT2D eigenvalue weighted by molar-refractivity contribution is -0.0833. The van der Waals surface area contributed by atoms with Crippen molar-refractivity contribution in [2.24, 2.45) is 0 Å². The predicted molar refractivity (Wildman–Crippen MR) is 79.6 cm³/mol. The molecule has 124 valence electrons. The van der Waals surface area contributed by atoms with Crippen LogP contribution in [0.2, 0.25) is 0 Å². The van der Waals surface area contributed by atoms with E-state index in [9.17, 15) is 8.78 Å². The second-order valence-corrected chi connectivity index (χ2v) is 5.76. The molecular formula is C16H23F2NO3. The van der Waals surface area contributed by atoms with Gasteiger partial charge in [0.15, 0.2) is 0 Å². The zero-order valence-electron chi connectivity index (χ0n) is 13.2. The number of halogens is 2. The van der Waals surface area contributed by atoms with Gasteiger partial charge in [0, 0.05) is 24.7 Å². The van der Waals surface area contributed by atoms with E-state index < -0.39 is 6.61 Å². The molecule has 22 heavy (non-hydrogen) atoms. The number of hydrogen-bond donors (Lipinski definition) is 0. The Morgan fingerprint density at radius 2 is 2.05 bits per heavy atom. The highest BCUT2D eigenvalue weighted by molar-refractivity contribution is 5.32. The third-order valence-corrected chi connectivity index (χ3v) is 3.68. The largest absolute Gasteiger partial charge is 0.491 e. The second kappa shape index (κ2) is 7.74. The fourth-order valence-corrected chi connectivity index (χ4v) is 2.59. The molecule has 1 heterocycles. The fraction of sp³-hybridized carbons (Fsp3) is 0.625. The van der Waals surface area contributed by atoms with Crippen LogP contribution < -0.4 is 9.47 Å². The first kappa shape index (κ1) is 17.0. The molecule has 1 aromatic carbocycles. The molecule has 0 aliphatic carbocycles. The molecule has 0 spiro atoms. The lowest BCUT2D eigenvalue weighted by Crippen LogP contribution is -2.52. The maximum atomic E-state index is 12.2. The number of morpholine rings is 1. The second-order valence-electron chi connectivity index (χ2n) is 5.76. The Labute approximate surface area is 130 Å². The van der Waals surface area contributed by atoms with Gasteiger partial charge in [-0.2, -0.15) is 8.78 Å². The summed E-state index contributed by atoms with van der Waals surface area (Å²) in [6.45, 7) is 5.47. The van der Waals surface area contributed by atoms with Gasteiger partial charge in [0.25, 0.3) is 0 Å². The van der Waals surface area contributed by atoms with Gasteiger partial charge in [-0.3, -0.25) is 4.90 Å². The molecule has 0 radical (unpaired) electrons. The van der Waals surface area contributed by atoms with E-state index in [0.29, 0.717) is 31.0 Å². The van der Waals surface area contributed by atoms with Crippen LogP contribution in [0.3, 0.4) is 0 Å². The van der Waals surface area contributed by atoms with E-state index in [1.807, 2.05) is 0 Å². The number of ether oxygens (including phenoxy) is 3. The van der Waals surface area contributed by atoms with Gasteiger partial charge in [-0.05, 0) is 32.9 Å². The summed E-state index contributed by atoms with van der Waals surface area (Å²) in [5.74, 6) is 0.589. The molecule has 1 saturated heterocycles. The summed E-state index contributed by atoms with van der Waals surface area (Å²) in [5, 5.41) is 0. The average molecular weight is 315 g/mol. The molecule has 0 amide bonds. The van der Waals surface area contributed by atoms with Crippen molar-refractivity contribution >= 4 is 0 Å². The molecule has 1 fully saturated rings. The van der Waals surface area contributed by atoms with Gasteiger partial charge in [-0.25, -0.2) is 0 Å². The van der Waals surface area contributed by atoms with Crippen LogP contribution in [0.4, 0.5) is 8.78 Å². The third kappa shape index (κ3) is 4.81. The van der Waals surface area contributed by atoms with Gasteiger partial charge >= 0.3 is 6.61 Å². The quantitative estimate of drug-likeness (QED) is 0.807. The van der Waals surface area contributed by atoms with Gasteiger partial charge < -0.3 is 14.2 Å². The molecule has 1 aromatic rings. The molecule has 0 aromatic heterocycles. The molecule has 0 unspecified atom stereocenters. The van der Waals surface area contributed by atoms with Crippen molar-refractivity contribution < 1.29 is 23.0 Å². The van der Waals surface area contributed by atoms with Crippen LogP contribution in [0.1, 0.15) is 20.8 Å². The topological polar surface area (TPSA) is 30.9 Å². The van der Waals surface area contributed by atoms with Gasteiger partial charge in [0.2, 0.25) is 0 Å². The van der Waals surface area contributed by atoms with Crippen LogP contribution in [0.25, 0.3) is 0 Å². The molecule has 2 rings (SSSR count). The molecule has 4 nitrogen and oxygen atoms in total. The highest BCUT2D eigenvalue weighted by atomic mass is 19.3. The number of alkyl halides is 2. The Morgan fingerprint density at radius 1 is 1.32 bits per heavy atom. The first-order chi connectivity index (χ1) is 10.5. The first-order valence-corrected chi connectivity index (χ1v) is 7.50. The summed E-state index contributed by atoms with van der Waals surface area (Å²) in [6, 6.07) is 7.10. The standard InChI is InChI=1S/C16H23F2NO3/c1-11(2)19-8-15(20-9-12(19)3)10-21-13-5-4-6-14(7-13)22-16(17)18/h4-7,11-12,15-16H,8-10H2,1-3H3/t12-,15+/m1/s1. The summed E-state index contributed by atoms with van der Waals surface area (Å²) in [5.41, 5.74) is 0. The van der Waals surface area contributed by atoms with Crippen molar-refractivity contribution in [3.63, 3.8) is 0 Å². The SMILES string of the molecule is CC(C)N1C[C@@H](COc2cccc(OC(F)F)c2)OC[C@H]1C. The minimum absolute atomic E-state index is 0.0294. The lowest BCUT2D eigenvalue weighted by atomic mass is 10.1. The Morgan fingerprint density at radius 3 is 2.73 bits per heavy atom. The summed E-state index contributed by atoms with van der Waals surface area (Å²) in [6.07, 6.45) is -0.0294. The molecule has 1 aliphatic rings. The maximum absolute atomic E-state index is 12.2. The fourth-order valence-electron chi connectivity index (χ4n) is 2.59. The Bertz CT molecular complexity index is 470. The highest BCUT2D eigenvalue weighted by Crippen LogP contribution is 2.22. The summed E-state index contributed by atoms with van der Waals surface area (Å²) in [7, 11) is 0. The Balaban J connectivity index is 1.87. The van der Waals surface area contributed by atoms with E-state index in [2.05, 4.69) is 30.4 Å². The monoisotopic (exact) mass is 315 g/mol. The lowest BCUT2D eigenvalue weighted by Gasteiger charge is -2.40. The predicted octanol–water partition coefficient (Wildman–Crippen LogP) is 3.16. The van der Waals surface area contributed by atoms with Gasteiger partial charge in [-0.15, -0.1) is 0 Å². The summed E-state index contributed by atoms with van der Waals surface area (Å²) < 4.78 is 40.2. The maximum Gasteiger partial charge on any atom is 0.387 e. The minimum Gasteiger partial charge on any atom is -0.491 e. The zero-order valence-corrected chi connectivity index (χ0v) is 13.2. The molecule has 0 N–H and O–H groups in total. The normalized spacial score (nSPS) is 23.0. The average Bonchev–Trinajstić information content (AvgIpc) is 2.46. The van der Waals surface area contributed by atoms with E-state index in [1.165, 1.54) is 12.1 Å². The molecule has 6 heteroatoms. The molecule has 0 saturated carbocycles. The molecule has 1 aliphatic heterocycles. The summed E-state index contributed by atoms with van der Waals surface area (Å²) in [4.78, 5) is 2.37. The van der Waals surface area contributed by atoms with Crippen molar-refractivity contribution in [3.8, 4) is 11.5 Å². The van der Waals surface area contributed by atoms with E-state index in [4.69, 9.17) is 9.47 Å². The Kier molecular flexibility index (Phi) is 5.97. The third-order valence-electron chi connectivity index (χ3n) is 3.68. The molecule has 0 bridgehead atoms. The van der Waals surface area contributed by atoms with Gasteiger partial charge in [-0.1, -0.05) is 6.07 Å². The number of rotatable bonds is 6.